The van der Waals surface area contributed by atoms with Gasteiger partial charge in [-0.25, -0.2) is 17.8 Å². The van der Waals surface area contributed by atoms with E-state index < -0.39 is 20.9 Å². The lowest BCUT2D eigenvalue weighted by Gasteiger charge is -2.24. The summed E-state index contributed by atoms with van der Waals surface area (Å²) in [6.07, 6.45) is 0.0959. The van der Waals surface area contributed by atoms with Gasteiger partial charge < -0.3 is 4.90 Å². The normalized spacial score (nSPS) is 12.1. The van der Waals surface area contributed by atoms with Gasteiger partial charge >= 0.3 is 0 Å². The van der Waals surface area contributed by atoms with Crippen molar-refractivity contribution in [1.82, 2.24) is 9.88 Å². The van der Waals surface area contributed by atoms with Gasteiger partial charge in [-0.2, -0.15) is 0 Å². The number of carbonyl (C=O) groups excluding carboxylic acids is 1. The van der Waals surface area contributed by atoms with Crippen molar-refractivity contribution in [3.63, 3.8) is 0 Å². The highest BCUT2D eigenvalue weighted by atomic mass is 32.2. The van der Waals surface area contributed by atoms with Crippen LogP contribution in [0, 0.1) is 5.82 Å². The summed E-state index contributed by atoms with van der Waals surface area (Å²) in [6.45, 7) is 10.2. The standard InChI is InChI=1S/C24H30FN3O3S2/c1-5-27(6-2)14-15-28(24-26-23-20(25)8-7-9-21(23)32-24)22(29)16-18-10-12-19(13-11-18)33(30,31)17(3)4/h7-13,17H,5-6,14-16H2,1-4H3. The Bertz CT molecular complexity index is 1200. The molecule has 0 radical (unpaired) electrons. The lowest BCUT2D eigenvalue weighted by molar-refractivity contribution is -0.118. The molecular formula is C24H30FN3O3S2. The third kappa shape index (κ3) is 5.77. The van der Waals surface area contributed by atoms with Crippen LogP contribution >= 0.6 is 11.3 Å². The number of halogens is 1. The summed E-state index contributed by atoms with van der Waals surface area (Å²) in [5.74, 6) is -0.575. The summed E-state index contributed by atoms with van der Waals surface area (Å²) in [7, 11) is -3.37. The first-order chi connectivity index (χ1) is 15.7. The number of para-hydroxylation sites is 1. The maximum Gasteiger partial charge on any atom is 0.233 e. The molecule has 178 valence electrons. The van der Waals surface area contributed by atoms with Crippen molar-refractivity contribution < 1.29 is 17.6 Å². The lowest BCUT2D eigenvalue weighted by atomic mass is 10.1. The Morgan fingerprint density at radius 3 is 2.30 bits per heavy atom. The van der Waals surface area contributed by atoms with E-state index in [2.05, 4.69) is 23.7 Å². The van der Waals surface area contributed by atoms with Gasteiger partial charge in [0.2, 0.25) is 5.91 Å². The third-order valence-electron chi connectivity index (χ3n) is 5.65. The summed E-state index contributed by atoms with van der Waals surface area (Å²) < 4.78 is 39.6. The molecule has 0 aliphatic carbocycles. The maximum atomic E-state index is 14.2. The fourth-order valence-corrected chi connectivity index (χ4v) is 5.55. The van der Waals surface area contributed by atoms with Gasteiger partial charge in [-0.15, -0.1) is 0 Å². The van der Waals surface area contributed by atoms with Crippen molar-refractivity contribution in [2.24, 2.45) is 0 Å². The number of hydrogen-bond acceptors (Lipinski definition) is 6. The molecule has 0 atom stereocenters. The minimum absolute atomic E-state index is 0.0959. The molecule has 33 heavy (non-hydrogen) atoms. The molecule has 6 nitrogen and oxygen atoms in total. The molecule has 0 fully saturated rings. The van der Waals surface area contributed by atoms with Crippen molar-refractivity contribution in [1.29, 1.82) is 0 Å². The SMILES string of the molecule is CCN(CC)CCN(C(=O)Cc1ccc(S(=O)(=O)C(C)C)cc1)c1nc2c(F)cccc2s1. The molecule has 0 unspecified atom stereocenters. The molecule has 1 amide bonds. The predicted octanol–water partition coefficient (Wildman–Crippen LogP) is 4.54. The number of anilines is 1. The summed E-state index contributed by atoms with van der Waals surface area (Å²) in [5.41, 5.74) is 0.976. The molecule has 3 aromatic rings. The molecular weight excluding hydrogens is 461 g/mol. The van der Waals surface area contributed by atoms with Crippen LogP contribution in [0.15, 0.2) is 47.4 Å². The first kappa shape index (κ1) is 25.3. The van der Waals surface area contributed by atoms with Crippen LogP contribution < -0.4 is 4.90 Å². The highest BCUT2D eigenvalue weighted by Gasteiger charge is 2.23. The molecule has 0 saturated carbocycles. The number of benzene rings is 2. The van der Waals surface area contributed by atoms with Gasteiger partial charge in [0.05, 0.1) is 21.3 Å². The zero-order valence-electron chi connectivity index (χ0n) is 19.4. The second-order valence-corrected chi connectivity index (χ2v) is 11.6. The molecule has 0 saturated heterocycles. The van der Waals surface area contributed by atoms with Crippen LogP contribution in [0.1, 0.15) is 33.3 Å². The van der Waals surface area contributed by atoms with E-state index in [1.165, 1.54) is 17.4 Å². The number of aromatic nitrogens is 1. The molecule has 2 aromatic carbocycles. The van der Waals surface area contributed by atoms with Crippen LogP contribution in [0.5, 0.6) is 0 Å². The molecule has 0 aliphatic rings. The Morgan fingerprint density at radius 2 is 1.73 bits per heavy atom. The van der Waals surface area contributed by atoms with E-state index in [4.69, 9.17) is 0 Å². The number of rotatable bonds is 10. The number of sulfone groups is 1. The molecule has 3 rings (SSSR count). The summed E-state index contributed by atoms with van der Waals surface area (Å²) in [6, 6.07) is 11.2. The van der Waals surface area contributed by atoms with Crippen LogP contribution in [0.25, 0.3) is 10.2 Å². The summed E-state index contributed by atoms with van der Waals surface area (Å²) in [4.78, 5) is 21.8. The molecule has 0 bridgehead atoms. The highest BCUT2D eigenvalue weighted by molar-refractivity contribution is 7.92. The largest absolute Gasteiger partial charge is 0.302 e. The molecule has 0 aliphatic heterocycles. The van der Waals surface area contributed by atoms with E-state index >= 15 is 0 Å². The number of hydrogen-bond donors (Lipinski definition) is 0. The van der Waals surface area contributed by atoms with Crippen molar-refractivity contribution in [2.75, 3.05) is 31.1 Å². The second kappa shape index (κ2) is 10.7. The lowest BCUT2D eigenvalue weighted by Crippen LogP contribution is -2.39. The maximum absolute atomic E-state index is 14.2. The van der Waals surface area contributed by atoms with E-state index in [0.717, 1.165) is 13.1 Å². The number of carbonyl (C=O) groups is 1. The van der Waals surface area contributed by atoms with Gasteiger partial charge in [0.25, 0.3) is 0 Å². The Hall–Kier alpha value is -2.36. The van der Waals surface area contributed by atoms with Crippen molar-refractivity contribution in [3.8, 4) is 0 Å². The summed E-state index contributed by atoms with van der Waals surface area (Å²) in [5, 5.41) is -0.0498. The topological polar surface area (TPSA) is 70.6 Å². The predicted molar refractivity (Wildman–Crippen MR) is 132 cm³/mol. The van der Waals surface area contributed by atoms with Crippen LogP contribution in [-0.4, -0.2) is 55.6 Å². The van der Waals surface area contributed by atoms with Gasteiger partial charge in [-0.3, -0.25) is 9.69 Å². The Labute approximate surface area is 199 Å². The van der Waals surface area contributed by atoms with E-state index in [-0.39, 0.29) is 22.7 Å². The monoisotopic (exact) mass is 491 g/mol. The van der Waals surface area contributed by atoms with E-state index in [0.29, 0.717) is 28.5 Å². The zero-order valence-corrected chi connectivity index (χ0v) is 21.0. The first-order valence-corrected chi connectivity index (χ1v) is 13.4. The average molecular weight is 492 g/mol. The van der Waals surface area contributed by atoms with Crippen LogP contribution in [0.4, 0.5) is 9.52 Å². The quantitative estimate of drug-likeness (QED) is 0.417. The van der Waals surface area contributed by atoms with Gasteiger partial charge in [-0.1, -0.05) is 43.4 Å². The molecule has 9 heteroatoms. The fraction of sp³-hybridized carbons (Fsp3) is 0.417. The van der Waals surface area contributed by atoms with E-state index in [1.807, 2.05) is 0 Å². The molecule has 1 heterocycles. The smallest absolute Gasteiger partial charge is 0.233 e. The highest BCUT2D eigenvalue weighted by Crippen LogP contribution is 2.30. The minimum atomic E-state index is -3.37. The third-order valence-corrected chi connectivity index (χ3v) is 8.87. The van der Waals surface area contributed by atoms with Crippen LogP contribution in [0.3, 0.4) is 0 Å². The van der Waals surface area contributed by atoms with Gasteiger partial charge in [-0.05, 0) is 56.8 Å². The molecule has 1 aromatic heterocycles. The molecule has 0 N–H and O–H groups in total. The Morgan fingerprint density at radius 1 is 1.06 bits per heavy atom. The zero-order chi connectivity index (χ0) is 24.2. The minimum Gasteiger partial charge on any atom is -0.302 e. The van der Waals surface area contributed by atoms with Crippen molar-refractivity contribution in [2.45, 2.75) is 44.3 Å². The number of likely N-dealkylation sites (N-methyl/N-ethyl adjacent to an activating group) is 1. The first-order valence-electron chi connectivity index (χ1n) is 11.1. The van der Waals surface area contributed by atoms with Crippen molar-refractivity contribution >= 4 is 42.4 Å². The van der Waals surface area contributed by atoms with Gasteiger partial charge in [0, 0.05) is 13.1 Å². The summed E-state index contributed by atoms with van der Waals surface area (Å²) >= 11 is 1.29. The fourth-order valence-electron chi connectivity index (χ4n) is 3.47. The Balaban J connectivity index is 1.86. The van der Waals surface area contributed by atoms with Crippen LogP contribution in [-0.2, 0) is 21.1 Å². The average Bonchev–Trinajstić information content (AvgIpc) is 3.22. The Kier molecular flexibility index (Phi) is 8.20. The van der Waals surface area contributed by atoms with Gasteiger partial charge in [0.1, 0.15) is 11.3 Å². The number of thiazole rings is 1. The molecule has 0 spiro atoms. The van der Waals surface area contributed by atoms with Crippen molar-refractivity contribution in [3.05, 3.63) is 53.8 Å². The number of nitrogens with zero attached hydrogens (tertiary/aromatic N) is 3. The van der Waals surface area contributed by atoms with E-state index in [9.17, 15) is 17.6 Å². The number of fused-ring (bicyclic) bond motifs is 1. The number of amides is 1. The van der Waals surface area contributed by atoms with E-state index in [1.54, 1.807) is 55.1 Å². The van der Waals surface area contributed by atoms with Crippen LogP contribution in [0.2, 0.25) is 0 Å². The second-order valence-electron chi connectivity index (χ2n) is 8.07. The van der Waals surface area contributed by atoms with Gasteiger partial charge in [0.15, 0.2) is 15.0 Å².